The molecule has 2 aliphatic rings. The molecule has 6 heteroatoms. The van der Waals surface area contributed by atoms with Crippen LogP contribution < -0.4 is 10.6 Å². The van der Waals surface area contributed by atoms with Gasteiger partial charge in [0.1, 0.15) is 0 Å². The molecule has 1 fully saturated rings. The lowest BCUT2D eigenvalue weighted by atomic mass is 10.00. The first-order valence-corrected chi connectivity index (χ1v) is 11.5. The maximum atomic E-state index is 11.4. The van der Waals surface area contributed by atoms with Gasteiger partial charge < -0.3 is 15.4 Å². The zero-order valence-corrected chi connectivity index (χ0v) is 18.8. The highest BCUT2D eigenvalue weighted by Crippen LogP contribution is 2.34. The highest BCUT2D eigenvalue weighted by molar-refractivity contribution is 5.95. The molecule has 168 valence electrons. The van der Waals surface area contributed by atoms with Gasteiger partial charge in [0.25, 0.3) is 0 Å². The number of carbonyl (C=O) groups is 1. The molecule has 1 saturated heterocycles. The van der Waals surface area contributed by atoms with Crippen molar-refractivity contribution >= 4 is 22.4 Å². The molecule has 33 heavy (non-hydrogen) atoms. The summed E-state index contributed by atoms with van der Waals surface area (Å²) in [5.41, 5.74) is 10.1. The van der Waals surface area contributed by atoms with Gasteiger partial charge in [-0.2, -0.15) is 5.26 Å². The third-order valence-corrected chi connectivity index (χ3v) is 6.99. The molecule has 3 aromatic carbocycles. The predicted molar refractivity (Wildman–Crippen MR) is 129 cm³/mol. The predicted octanol–water partition coefficient (Wildman–Crippen LogP) is 3.98. The number of hydrogen-bond donors (Lipinski definition) is 1. The van der Waals surface area contributed by atoms with Crippen LogP contribution in [0, 0.1) is 11.3 Å². The van der Waals surface area contributed by atoms with Gasteiger partial charge in [-0.1, -0.05) is 24.3 Å². The van der Waals surface area contributed by atoms with E-state index in [-0.39, 0.29) is 6.10 Å². The second kappa shape index (κ2) is 8.86. The van der Waals surface area contributed by atoms with Crippen molar-refractivity contribution in [1.82, 2.24) is 4.90 Å². The zero-order chi connectivity index (χ0) is 22.9. The van der Waals surface area contributed by atoms with Gasteiger partial charge in [0.2, 0.25) is 5.91 Å². The summed E-state index contributed by atoms with van der Waals surface area (Å²) in [6.07, 6.45) is 0.998. The van der Waals surface area contributed by atoms with E-state index in [0.29, 0.717) is 23.8 Å². The highest BCUT2D eigenvalue weighted by atomic mass is 16.5. The van der Waals surface area contributed by atoms with Crippen LogP contribution in [0.4, 0.5) is 5.69 Å². The summed E-state index contributed by atoms with van der Waals surface area (Å²) in [6.45, 7) is 6.72. The van der Waals surface area contributed by atoms with E-state index in [1.54, 1.807) is 6.07 Å². The van der Waals surface area contributed by atoms with Crippen LogP contribution in [0.1, 0.15) is 46.5 Å². The van der Waals surface area contributed by atoms with Gasteiger partial charge in [0, 0.05) is 48.9 Å². The van der Waals surface area contributed by atoms with Crippen LogP contribution in [0.3, 0.4) is 0 Å². The Morgan fingerprint density at radius 3 is 2.85 bits per heavy atom. The number of anilines is 1. The summed E-state index contributed by atoms with van der Waals surface area (Å²) in [5.74, 6) is -0.398. The molecule has 5 rings (SSSR count). The van der Waals surface area contributed by atoms with Crippen LogP contribution in [-0.2, 0) is 11.3 Å². The summed E-state index contributed by atoms with van der Waals surface area (Å²) >= 11 is 0. The van der Waals surface area contributed by atoms with Crippen LogP contribution >= 0.6 is 0 Å². The van der Waals surface area contributed by atoms with Gasteiger partial charge >= 0.3 is 0 Å². The van der Waals surface area contributed by atoms with E-state index in [9.17, 15) is 10.1 Å². The van der Waals surface area contributed by atoms with E-state index in [0.717, 1.165) is 43.5 Å². The van der Waals surface area contributed by atoms with E-state index >= 15 is 0 Å². The lowest BCUT2D eigenvalue weighted by molar-refractivity contribution is 0.0466. The minimum absolute atomic E-state index is 0.0690. The number of piperazine rings is 1. The Morgan fingerprint density at radius 1 is 1.18 bits per heavy atom. The second-order valence-electron chi connectivity index (χ2n) is 9.02. The van der Waals surface area contributed by atoms with Gasteiger partial charge in [0.05, 0.1) is 24.3 Å². The van der Waals surface area contributed by atoms with E-state index in [2.05, 4.69) is 47.1 Å². The summed E-state index contributed by atoms with van der Waals surface area (Å²) in [7, 11) is 0. The first kappa shape index (κ1) is 21.4. The van der Waals surface area contributed by atoms with Gasteiger partial charge in [-0.05, 0) is 60.2 Å². The Kier molecular flexibility index (Phi) is 5.76. The van der Waals surface area contributed by atoms with Crippen molar-refractivity contribution in [1.29, 1.82) is 5.26 Å². The minimum Gasteiger partial charge on any atom is -0.369 e. The Morgan fingerprint density at radius 2 is 2.06 bits per heavy atom. The number of nitrogens with zero attached hydrogens (tertiary/aromatic N) is 3. The van der Waals surface area contributed by atoms with Crippen molar-refractivity contribution in [2.24, 2.45) is 5.73 Å². The maximum absolute atomic E-state index is 11.4. The molecule has 0 aliphatic carbocycles. The molecule has 2 heterocycles. The molecule has 3 aromatic rings. The lowest BCUT2D eigenvalue weighted by Gasteiger charge is -2.41. The Hall–Kier alpha value is -3.40. The highest BCUT2D eigenvalue weighted by Gasteiger charge is 2.28. The zero-order valence-electron chi connectivity index (χ0n) is 18.8. The molecule has 0 spiro atoms. The minimum atomic E-state index is -0.398. The van der Waals surface area contributed by atoms with E-state index in [1.807, 2.05) is 24.3 Å². The molecule has 0 unspecified atom stereocenters. The van der Waals surface area contributed by atoms with Crippen LogP contribution in [0.2, 0.25) is 0 Å². The van der Waals surface area contributed by atoms with Gasteiger partial charge in [0.15, 0.2) is 0 Å². The van der Waals surface area contributed by atoms with E-state index in [4.69, 9.17) is 10.5 Å². The summed E-state index contributed by atoms with van der Waals surface area (Å²) in [5, 5.41) is 11.5. The van der Waals surface area contributed by atoms with Crippen molar-refractivity contribution in [3.8, 4) is 6.07 Å². The summed E-state index contributed by atoms with van der Waals surface area (Å²) in [4.78, 5) is 16.4. The Bertz CT molecular complexity index is 1250. The van der Waals surface area contributed by atoms with Gasteiger partial charge in [-0.3, -0.25) is 9.69 Å². The van der Waals surface area contributed by atoms with E-state index in [1.165, 1.54) is 16.6 Å². The Labute approximate surface area is 194 Å². The fourth-order valence-electron chi connectivity index (χ4n) is 5.16. The van der Waals surface area contributed by atoms with Crippen LogP contribution in [-0.4, -0.2) is 43.0 Å². The molecule has 2 atom stereocenters. The quantitative estimate of drug-likeness (QED) is 0.649. The second-order valence-corrected chi connectivity index (χ2v) is 9.02. The number of nitriles is 1. The van der Waals surface area contributed by atoms with Gasteiger partial charge in [-0.15, -0.1) is 0 Å². The SMILES string of the molecule is C[C@H]1CN(c2cccc3cc(C#N)ccc23)CCN1CC[C@H]1OCc2cc(C(N)=O)ccc21. The molecule has 2 aliphatic heterocycles. The standard InChI is InChI=1S/C27H28N4O2/c1-18-16-31(25-4-2-3-20-13-19(15-28)5-7-23(20)25)12-11-30(18)10-9-26-24-8-6-21(27(29)32)14-22(24)17-33-26/h2-8,13-14,18,26H,9-12,16-17H2,1H3,(H2,29,32)/t18-,26+/m0/s1. The molecule has 0 saturated carbocycles. The van der Waals surface area contributed by atoms with Crippen molar-refractivity contribution in [2.75, 3.05) is 31.1 Å². The number of nitrogens with two attached hydrogens (primary N) is 1. The number of carbonyl (C=O) groups excluding carboxylic acids is 1. The van der Waals surface area contributed by atoms with Crippen molar-refractivity contribution in [3.63, 3.8) is 0 Å². The van der Waals surface area contributed by atoms with Crippen molar-refractivity contribution < 1.29 is 9.53 Å². The lowest BCUT2D eigenvalue weighted by Crippen LogP contribution is -2.52. The smallest absolute Gasteiger partial charge is 0.248 e. The first-order valence-electron chi connectivity index (χ1n) is 11.5. The summed E-state index contributed by atoms with van der Waals surface area (Å²) < 4.78 is 6.03. The first-order chi connectivity index (χ1) is 16.0. The molecular weight excluding hydrogens is 412 g/mol. The maximum Gasteiger partial charge on any atom is 0.248 e. The molecule has 0 aromatic heterocycles. The number of rotatable bonds is 5. The molecule has 2 N–H and O–H groups in total. The number of benzene rings is 3. The molecule has 0 radical (unpaired) electrons. The number of ether oxygens (including phenoxy) is 1. The number of amides is 1. The number of primary amides is 1. The van der Waals surface area contributed by atoms with Crippen LogP contribution in [0.5, 0.6) is 0 Å². The number of fused-ring (bicyclic) bond motifs is 2. The molecule has 6 nitrogen and oxygen atoms in total. The fraction of sp³-hybridized carbons (Fsp3) is 0.333. The van der Waals surface area contributed by atoms with E-state index < -0.39 is 5.91 Å². The van der Waals surface area contributed by atoms with Crippen molar-refractivity contribution in [3.05, 3.63) is 76.9 Å². The third-order valence-electron chi connectivity index (χ3n) is 6.99. The molecular formula is C27H28N4O2. The van der Waals surface area contributed by atoms with Gasteiger partial charge in [-0.25, -0.2) is 0 Å². The normalized spacial score (nSPS) is 20.5. The average Bonchev–Trinajstić information content (AvgIpc) is 3.24. The Balaban J connectivity index is 1.23. The monoisotopic (exact) mass is 440 g/mol. The average molecular weight is 441 g/mol. The fourth-order valence-corrected chi connectivity index (χ4v) is 5.16. The third kappa shape index (κ3) is 4.18. The number of hydrogen-bond acceptors (Lipinski definition) is 5. The van der Waals surface area contributed by atoms with Crippen LogP contribution in [0.25, 0.3) is 10.8 Å². The largest absolute Gasteiger partial charge is 0.369 e. The molecule has 1 amide bonds. The molecule has 0 bridgehead atoms. The topological polar surface area (TPSA) is 82.6 Å². The summed E-state index contributed by atoms with van der Waals surface area (Å²) in [6, 6.07) is 20.6. The van der Waals surface area contributed by atoms with Crippen molar-refractivity contribution in [2.45, 2.75) is 32.1 Å². The van der Waals surface area contributed by atoms with Crippen LogP contribution in [0.15, 0.2) is 54.6 Å².